The number of hydrazine groups is 1. The van der Waals surface area contributed by atoms with Gasteiger partial charge in [-0.25, -0.2) is 0 Å². The topological polar surface area (TPSA) is 115 Å². The third-order valence-electron chi connectivity index (χ3n) is 4.49. The van der Waals surface area contributed by atoms with Crippen LogP contribution in [0.3, 0.4) is 0 Å². The minimum Gasteiger partial charge on any atom is -0.497 e. The Kier molecular flexibility index (Phi) is 9.34. The van der Waals surface area contributed by atoms with E-state index in [1.54, 1.807) is 43.5 Å². The second-order valence-corrected chi connectivity index (χ2v) is 6.95. The zero-order valence-electron chi connectivity index (χ0n) is 18.7. The summed E-state index contributed by atoms with van der Waals surface area (Å²) in [5.74, 6) is 0.353. The highest BCUT2D eigenvalue weighted by Crippen LogP contribution is 2.28. The summed E-state index contributed by atoms with van der Waals surface area (Å²) in [5, 5.41) is 2.74. The summed E-state index contributed by atoms with van der Waals surface area (Å²) in [6, 6.07) is 11.2. The number of amides is 3. The van der Waals surface area contributed by atoms with Gasteiger partial charge in [0.25, 0.3) is 5.91 Å². The van der Waals surface area contributed by atoms with Gasteiger partial charge in [-0.1, -0.05) is 19.1 Å². The standard InChI is InChI=1S/C23H29N3O6/c1-5-12-32-20-11-8-17(13-21(20)31-4)23(29)26-25-22(28)14-19(24-15(2)27)16-6-9-18(30-3)10-7-16/h6-11,13,19H,5,12,14H2,1-4H3,(H,24,27)(H,25,28)(H,26,29). The maximum absolute atomic E-state index is 12.4. The van der Waals surface area contributed by atoms with E-state index in [0.29, 0.717) is 29.4 Å². The molecule has 1 unspecified atom stereocenters. The third kappa shape index (κ3) is 7.19. The number of hydrogen-bond acceptors (Lipinski definition) is 6. The Morgan fingerprint density at radius 2 is 1.66 bits per heavy atom. The molecular formula is C23H29N3O6. The zero-order chi connectivity index (χ0) is 23.5. The molecule has 0 bridgehead atoms. The van der Waals surface area contributed by atoms with Crippen LogP contribution in [0.15, 0.2) is 42.5 Å². The average molecular weight is 444 g/mol. The smallest absolute Gasteiger partial charge is 0.269 e. The van der Waals surface area contributed by atoms with Crippen LogP contribution < -0.4 is 30.4 Å². The van der Waals surface area contributed by atoms with Crippen LogP contribution >= 0.6 is 0 Å². The van der Waals surface area contributed by atoms with Crippen LogP contribution in [0.1, 0.15) is 48.7 Å². The monoisotopic (exact) mass is 443 g/mol. The lowest BCUT2D eigenvalue weighted by Gasteiger charge is -2.18. The van der Waals surface area contributed by atoms with Gasteiger partial charge in [0.2, 0.25) is 11.8 Å². The van der Waals surface area contributed by atoms with Gasteiger partial charge < -0.3 is 19.5 Å². The van der Waals surface area contributed by atoms with Gasteiger partial charge in [-0.15, -0.1) is 0 Å². The van der Waals surface area contributed by atoms with Gasteiger partial charge in [-0.2, -0.15) is 0 Å². The molecule has 2 rings (SSSR count). The molecule has 9 nitrogen and oxygen atoms in total. The second kappa shape index (κ2) is 12.2. The minimum atomic E-state index is -0.564. The molecule has 0 saturated heterocycles. The lowest BCUT2D eigenvalue weighted by molar-refractivity contribution is -0.123. The molecule has 9 heteroatoms. The fraction of sp³-hybridized carbons (Fsp3) is 0.348. The van der Waals surface area contributed by atoms with Crippen LogP contribution in [-0.2, 0) is 9.59 Å². The predicted molar refractivity (Wildman–Crippen MR) is 119 cm³/mol. The highest BCUT2D eigenvalue weighted by molar-refractivity contribution is 5.96. The Hall–Kier alpha value is -3.75. The van der Waals surface area contributed by atoms with Gasteiger partial charge in [0.05, 0.1) is 33.3 Å². The number of benzene rings is 2. The van der Waals surface area contributed by atoms with Gasteiger partial charge >= 0.3 is 0 Å². The predicted octanol–water partition coefficient (Wildman–Crippen LogP) is 2.52. The summed E-state index contributed by atoms with van der Waals surface area (Å²) in [6.07, 6.45) is 0.771. The quantitative estimate of drug-likeness (QED) is 0.486. The Morgan fingerprint density at radius 1 is 0.938 bits per heavy atom. The first-order valence-corrected chi connectivity index (χ1v) is 10.2. The van der Waals surface area contributed by atoms with Gasteiger partial charge in [-0.3, -0.25) is 25.2 Å². The maximum atomic E-state index is 12.4. The van der Waals surface area contributed by atoms with E-state index in [1.807, 2.05) is 6.92 Å². The lowest BCUT2D eigenvalue weighted by Crippen LogP contribution is -2.43. The van der Waals surface area contributed by atoms with E-state index < -0.39 is 17.9 Å². The fourth-order valence-electron chi connectivity index (χ4n) is 2.91. The van der Waals surface area contributed by atoms with Crippen LogP contribution in [0.2, 0.25) is 0 Å². The molecule has 0 saturated carbocycles. The van der Waals surface area contributed by atoms with E-state index in [0.717, 1.165) is 12.0 Å². The number of rotatable bonds is 10. The van der Waals surface area contributed by atoms with Crippen molar-refractivity contribution in [2.75, 3.05) is 20.8 Å². The summed E-state index contributed by atoms with van der Waals surface area (Å²) in [6.45, 7) is 3.89. The number of nitrogens with one attached hydrogen (secondary N) is 3. The molecule has 0 fully saturated rings. The van der Waals surface area contributed by atoms with Crippen molar-refractivity contribution in [1.29, 1.82) is 0 Å². The molecule has 1 atom stereocenters. The normalized spacial score (nSPS) is 11.1. The first-order chi connectivity index (χ1) is 15.4. The Morgan fingerprint density at radius 3 is 2.25 bits per heavy atom. The van der Waals surface area contributed by atoms with Crippen LogP contribution in [0, 0.1) is 0 Å². The minimum absolute atomic E-state index is 0.0701. The van der Waals surface area contributed by atoms with E-state index in [9.17, 15) is 14.4 Å². The lowest BCUT2D eigenvalue weighted by atomic mass is 10.0. The first kappa shape index (κ1) is 24.5. The van der Waals surface area contributed by atoms with Crippen LogP contribution in [-0.4, -0.2) is 38.5 Å². The van der Waals surface area contributed by atoms with Crippen molar-refractivity contribution in [2.24, 2.45) is 0 Å². The molecular weight excluding hydrogens is 414 g/mol. The molecule has 0 spiro atoms. The largest absolute Gasteiger partial charge is 0.497 e. The maximum Gasteiger partial charge on any atom is 0.269 e. The number of hydrogen-bond donors (Lipinski definition) is 3. The molecule has 0 heterocycles. The molecule has 0 aromatic heterocycles. The van der Waals surface area contributed by atoms with Crippen LogP contribution in [0.25, 0.3) is 0 Å². The number of carbonyl (C=O) groups is 3. The molecule has 32 heavy (non-hydrogen) atoms. The van der Waals surface area contributed by atoms with Gasteiger partial charge in [-0.05, 0) is 42.3 Å². The van der Waals surface area contributed by atoms with Crippen LogP contribution in [0.5, 0.6) is 17.2 Å². The molecule has 2 aromatic rings. The molecule has 0 aliphatic rings. The summed E-state index contributed by atoms with van der Waals surface area (Å²) >= 11 is 0. The van der Waals surface area contributed by atoms with E-state index >= 15 is 0 Å². The molecule has 3 amide bonds. The summed E-state index contributed by atoms with van der Waals surface area (Å²) in [5.41, 5.74) is 5.77. The summed E-state index contributed by atoms with van der Waals surface area (Å²) in [4.78, 5) is 36.4. The highest BCUT2D eigenvalue weighted by Gasteiger charge is 2.18. The van der Waals surface area contributed by atoms with Crippen LogP contribution in [0.4, 0.5) is 0 Å². The van der Waals surface area contributed by atoms with Crippen molar-refractivity contribution in [2.45, 2.75) is 32.7 Å². The Balaban J connectivity index is 1.99. The van der Waals surface area contributed by atoms with Crippen molar-refractivity contribution in [3.05, 3.63) is 53.6 Å². The van der Waals surface area contributed by atoms with Gasteiger partial charge in [0, 0.05) is 12.5 Å². The van der Waals surface area contributed by atoms with E-state index in [4.69, 9.17) is 14.2 Å². The molecule has 0 aliphatic heterocycles. The summed E-state index contributed by atoms with van der Waals surface area (Å²) in [7, 11) is 3.04. The summed E-state index contributed by atoms with van der Waals surface area (Å²) < 4.78 is 16.0. The van der Waals surface area contributed by atoms with Crippen molar-refractivity contribution < 1.29 is 28.6 Å². The Bertz CT molecular complexity index is 930. The molecule has 2 aromatic carbocycles. The SMILES string of the molecule is CCCOc1ccc(C(=O)NNC(=O)CC(NC(C)=O)c2ccc(OC)cc2)cc1OC. The number of ether oxygens (including phenoxy) is 3. The van der Waals surface area contributed by atoms with Crippen molar-refractivity contribution >= 4 is 17.7 Å². The highest BCUT2D eigenvalue weighted by atomic mass is 16.5. The van der Waals surface area contributed by atoms with E-state index in [1.165, 1.54) is 20.1 Å². The van der Waals surface area contributed by atoms with Crippen molar-refractivity contribution in [3.8, 4) is 17.2 Å². The zero-order valence-corrected chi connectivity index (χ0v) is 18.7. The van der Waals surface area contributed by atoms with Crippen molar-refractivity contribution in [1.82, 2.24) is 16.2 Å². The van der Waals surface area contributed by atoms with Crippen molar-refractivity contribution in [3.63, 3.8) is 0 Å². The molecule has 0 radical (unpaired) electrons. The molecule has 3 N–H and O–H groups in total. The van der Waals surface area contributed by atoms with Gasteiger partial charge in [0.15, 0.2) is 11.5 Å². The molecule has 172 valence electrons. The third-order valence-corrected chi connectivity index (χ3v) is 4.49. The van der Waals surface area contributed by atoms with Gasteiger partial charge in [0.1, 0.15) is 5.75 Å². The molecule has 0 aliphatic carbocycles. The second-order valence-electron chi connectivity index (χ2n) is 6.95. The number of methoxy groups -OCH3 is 2. The fourth-order valence-corrected chi connectivity index (χ4v) is 2.91. The van der Waals surface area contributed by atoms with E-state index in [-0.39, 0.29) is 12.3 Å². The van der Waals surface area contributed by atoms with E-state index in [2.05, 4.69) is 16.2 Å². The average Bonchev–Trinajstić information content (AvgIpc) is 2.80. The number of carbonyl (C=O) groups excluding carboxylic acids is 3. The first-order valence-electron chi connectivity index (χ1n) is 10.2. The Labute approximate surface area is 187 Å².